The fourth-order valence-electron chi connectivity index (χ4n) is 2.54. The van der Waals surface area contributed by atoms with Gasteiger partial charge in [0.25, 0.3) is 0 Å². The zero-order valence-electron chi connectivity index (χ0n) is 12.7. The molecular formula is C15H32N2O. The van der Waals surface area contributed by atoms with Gasteiger partial charge in [0.15, 0.2) is 0 Å². The van der Waals surface area contributed by atoms with Crippen LogP contribution in [-0.4, -0.2) is 49.3 Å². The van der Waals surface area contributed by atoms with Crippen molar-refractivity contribution < 1.29 is 4.74 Å². The van der Waals surface area contributed by atoms with Crippen molar-refractivity contribution in [2.75, 3.05) is 26.2 Å². The summed E-state index contributed by atoms with van der Waals surface area (Å²) < 4.78 is 5.56. The number of hydrogen-bond acceptors (Lipinski definition) is 3. The fourth-order valence-corrected chi connectivity index (χ4v) is 2.54. The Kier molecular flexibility index (Phi) is 7.87. The van der Waals surface area contributed by atoms with Crippen LogP contribution in [0.5, 0.6) is 0 Å². The molecule has 3 heteroatoms. The van der Waals surface area contributed by atoms with Gasteiger partial charge in [0.05, 0.1) is 6.10 Å². The maximum absolute atomic E-state index is 5.56. The van der Waals surface area contributed by atoms with Crippen LogP contribution in [0.25, 0.3) is 0 Å². The van der Waals surface area contributed by atoms with Crippen LogP contribution in [-0.2, 0) is 4.74 Å². The second kappa shape index (κ2) is 8.89. The van der Waals surface area contributed by atoms with E-state index in [0.29, 0.717) is 18.2 Å². The van der Waals surface area contributed by atoms with E-state index in [0.717, 1.165) is 19.6 Å². The molecule has 0 radical (unpaired) electrons. The molecule has 0 aromatic rings. The van der Waals surface area contributed by atoms with E-state index in [1.807, 2.05) is 0 Å². The summed E-state index contributed by atoms with van der Waals surface area (Å²) in [7, 11) is 0. The molecule has 1 aliphatic rings. The lowest BCUT2D eigenvalue weighted by Crippen LogP contribution is -2.34. The van der Waals surface area contributed by atoms with Crippen LogP contribution in [0.15, 0.2) is 0 Å². The zero-order valence-corrected chi connectivity index (χ0v) is 12.7. The number of ether oxygens (including phenoxy) is 1. The van der Waals surface area contributed by atoms with Gasteiger partial charge in [-0.25, -0.2) is 0 Å². The Labute approximate surface area is 113 Å². The molecule has 0 saturated carbocycles. The van der Waals surface area contributed by atoms with Crippen molar-refractivity contribution in [2.24, 2.45) is 0 Å². The summed E-state index contributed by atoms with van der Waals surface area (Å²) in [5.41, 5.74) is 0. The Hall–Kier alpha value is -0.120. The van der Waals surface area contributed by atoms with E-state index in [1.54, 1.807) is 0 Å². The molecular weight excluding hydrogens is 224 g/mol. The lowest BCUT2D eigenvalue weighted by molar-refractivity contribution is 0.0766. The summed E-state index contributed by atoms with van der Waals surface area (Å²) in [6, 6.07) is 1.41. The normalized spacial score (nSPS) is 22.7. The first-order chi connectivity index (χ1) is 8.59. The molecule has 1 aliphatic heterocycles. The van der Waals surface area contributed by atoms with Gasteiger partial charge in [0, 0.05) is 18.7 Å². The van der Waals surface area contributed by atoms with Gasteiger partial charge in [-0.05, 0) is 73.0 Å². The lowest BCUT2D eigenvalue weighted by atomic mass is 10.1. The van der Waals surface area contributed by atoms with E-state index in [-0.39, 0.29) is 0 Å². The topological polar surface area (TPSA) is 24.5 Å². The molecule has 0 bridgehead atoms. The number of rotatable bonds is 7. The Morgan fingerprint density at radius 2 is 1.94 bits per heavy atom. The maximum Gasteiger partial charge on any atom is 0.0518 e. The van der Waals surface area contributed by atoms with Crippen molar-refractivity contribution in [3.63, 3.8) is 0 Å². The third-order valence-electron chi connectivity index (χ3n) is 3.70. The molecule has 1 N–H and O–H groups in total. The fraction of sp³-hybridized carbons (Fsp3) is 1.00. The SMILES string of the molecule is CC(C)OCCCNC1CCCN(C(C)C)CC1. The molecule has 0 aromatic carbocycles. The van der Waals surface area contributed by atoms with Crippen molar-refractivity contribution in [1.82, 2.24) is 10.2 Å². The summed E-state index contributed by atoms with van der Waals surface area (Å²) in [5, 5.41) is 3.69. The van der Waals surface area contributed by atoms with Crippen LogP contribution in [0.2, 0.25) is 0 Å². The molecule has 1 unspecified atom stereocenters. The van der Waals surface area contributed by atoms with Gasteiger partial charge in [0.2, 0.25) is 0 Å². The van der Waals surface area contributed by atoms with Gasteiger partial charge in [-0.3, -0.25) is 0 Å². The molecule has 1 heterocycles. The Morgan fingerprint density at radius 3 is 2.61 bits per heavy atom. The molecule has 108 valence electrons. The zero-order chi connectivity index (χ0) is 13.4. The second-order valence-electron chi connectivity index (χ2n) is 5.98. The minimum Gasteiger partial charge on any atom is -0.379 e. The van der Waals surface area contributed by atoms with Gasteiger partial charge < -0.3 is 15.0 Å². The minimum atomic E-state index is 0.363. The number of likely N-dealkylation sites (tertiary alicyclic amines) is 1. The van der Waals surface area contributed by atoms with Crippen LogP contribution in [0.4, 0.5) is 0 Å². The van der Waals surface area contributed by atoms with Gasteiger partial charge in [-0.15, -0.1) is 0 Å². The molecule has 0 aromatic heterocycles. The number of nitrogens with zero attached hydrogens (tertiary/aromatic N) is 1. The van der Waals surface area contributed by atoms with Gasteiger partial charge >= 0.3 is 0 Å². The minimum absolute atomic E-state index is 0.363. The van der Waals surface area contributed by atoms with E-state index < -0.39 is 0 Å². The summed E-state index contributed by atoms with van der Waals surface area (Å²) in [6.45, 7) is 13.3. The van der Waals surface area contributed by atoms with Gasteiger partial charge in [-0.2, -0.15) is 0 Å². The van der Waals surface area contributed by atoms with Gasteiger partial charge in [-0.1, -0.05) is 0 Å². The first-order valence-corrected chi connectivity index (χ1v) is 7.68. The molecule has 1 fully saturated rings. The standard InChI is InChI=1S/C15H32N2O/c1-13(2)17-10-5-7-15(8-11-17)16-9-6-12-18-14(3)4/h13-16H,5-12H2,1-4H3. The summed E-state index contributed by atoms with van der Waals surface area (Å²) in [4.78, 5) is 2.60. The molecule has 1 rings (SSSR count). The summed E-state index contributed by atoms with van der Waals surface area (Å²) in [5.74, 6) is 0. The molecule has 0 spiro atoms. The number of nitrogens with one attached hydrogen (secondary N) is 1. The van der Waals surface area contributed by atoms with E-state index in [4.69, 9.17) is 4.74 Å². The van der Waals surface area contributed by atoms with Crippen molar-refractivity contribution >= 4 is 0 Å². The van der Waals surface area contributed by atoms with Crippen molar-refractivity contribution in [3.8, 4) is 0 Å². The Balaban J connectivity index is 2.08. The van der Waals surface area contributed by atoms with E-state index in [2.05, 4.69) is 37.9 Å². The quantitative estimate of drug-likeness (QED) is 0.709. The highest BCUT2D eigenvalue weighted by Gasteiger charge is 2.17. The van der Waals surface area contributed by atoms with E-state index in [1.165, 1.54) is 32.4 Å². The maximum atomic E-state index is 5.56. The number of hydrogen-bond donors (Lipinski definition) is 1. The van der Waals surface area contributed by atoms with Crippen molar-refractivity contribution in [1.29, 1.82) is 0 Å². The molecule has 3 nitrogen and oxygen atoms in total. The van der Waals surface area contributed by atoms with E-state index >= 15 is 0 Å². The average molecular weight is 256 g/mol. The predicted molar refractivity (Wildman–Crippen MR) is 78.1 cm³/mol. The average Bonchev–Trinajstić information content (AvgIpc) is 2.53. The second-order valence-corrected chi connectivity index (χ2v) is 5.98. The highest BCUT2D eigenvalue weighted by molar-refractivity contribution is 4.76. The van der Waals surface area contributed by atoms with E-state index in [9.17, 15) is 0 Å². The monoisotopic (exact) mass is 256 g/mol. The van der Waals surface area contributed by atoms with Crippen LogP contribution >= 0.6 is 0 Å². The first kappa shape index (κ1) is 15.9. The smallest absolute Gasteiger partial charge is 0.0518 e. The largest absolute Gasteiger partial charge is 0.379 e. The molecule has 18 heavy (non-hydrogen) atoms. The Bertz CT molecular complexity index is 207. The molecule has 1 saturated heterocycles. The van der Waals surface area contributed by atoms with Crippen molar-refractivity contribution in [2.45, 2.75) is 71.6 Å². The highest BCUT2D eigenvalue weighted by Crippen LogP contribution is 2.13. The van der Waals surface area contributed by atoms with Gasteiger partial charge in [0.1, 0.15) is 0 Å². The van der Waals surface area contributed by atoms with Crippen LogP contribution in [0.3, 0.4) is 0 Å². The summed E-state index contributed by atoms with van der Waals surface area (Å²) >= 11 is 0. The third-order valence-corrected chi connectivity index (χ3v) is 3.70. The van der Waals surface area contributed by atoms with Crippen LogP contribution in [0.1, 0.15) is 53.4 Å². The lowest BCUT2D eigenvalue weighted by Gasteiger charge is -2.24. The molecule has 1 atom stereocenters. The predicted octanol–water partition coefficient (Wildman–Crippen LogP) is 2.65. The highest BCUT2D eigenvalue weighted by atomic mass is 16.5. The molecule has 0 aliphatic carbocycles. The third kappa shape index (κ3) is 6.72. The summed E-state index contributed by atoms with van der Waals surface area (Å²) in [6.07, 6.45) is 5.45. The van der Waals surface area contributed by atoms with Crippen molar-refractivity contribution in [3.05, 3.63) is 0 Å². The Morgan fingerprint density at radius 1 is 1.17 bits per heavy atom. The van der Waals surface area contributed by atoms with Crippen LogP contribution < -0.4 is 5.32 Å². The molecule has 0 amide bonds. The first-order valence-electron chi connectivity index (χ1n) is 7.68. The van der Waals surface area contributed by atoms with Crippen LogP contribution in [0, 0.1) is 0 Å².